The van der Waals surface area contributed by atoms with Gasteiger partial charge < -0.3 is 9.47 Å². The number of aliphatic imine (C=N–C) groups is 1. The molecular weight excluding hydrogens is 282 g/mol. The van der Waals surface area contributed by atoms with Crippen LogP contribution < -0.4 is 0 Å². The van der Waals surface area contributed by atoms with Gasteiger partial charge >= 0.3 is 5.97 Å². The number of hydrogen-bond donors (Lipinski definition) is 0. The lowest BCUT2D eigenvalue weighted by molar-refractivity contribution is -0.146. The van der Waals surface area contributed by atoms with Crippen molar-refractivity contribution in [2.24, 2.45) is 4.99 Å². The fourth-order valence-electron chi connectivity index (χ4n) is 1.90. The number of hydrogen-bond acceptors (Lipinski definition) is 6. The van der Waals surface area contributed by atoms with Crippen LogP contribution in [0.3, 0.4) is 0 Å². The second kappa shape index (κ2) is 5.62. The number of ether oxygens (including phenoxy) is 2. The van der Waals surface area contributed by atoms with E-state index in [1.54, 1.807) is 19.1 Å². The molecule has 0 N–H and O–H groups in total. The molecule has 0 spiro atoms. The predicted octanol–water partition coefficient (Wildman–Crippen LogP) is 1.12. The second-order valence-corrected chi connectivity index (χ2v) is 6.36. The summed E-state index contributed by atoms with van der Waals surface area (Å²) in [7, 11) is -3.25. The van der Waals surface area contributed by atoms with E-state index in [2.05, 4.69) is 4.99 Å². The first kappa shape index (κ1) is 14.5. The van der Waals surface area contributed by atoms with E-state index in [1.807, 2.05) is 0 Å². The Balaban J connectivity index is 2.21. The van der Waals surface area contributed by atoms with E-state index in [9.17, 15) is 13.2 Å². The molecule has 20 heavy (non-hydrogen) atoms. The molecule has 0 bridgehead atoms. The minimum atomic E-state index is -3.25. The van der Waals surface area contributed by atoms with Crippen molar-refractivity contribution in [2.45, 2.75) is 24.0 Å². The SMILES string of the molecule is CCOC(=O)[C@@H]1N=COC1c1ccc(S(C)(=O)=O)cc1. The van der Waals surface area contributed by atoms with Crippen molar-refractivity contribution in [2.75, 3.05) is 12.9 Å². The summed E-state index contributed by atoms with van der Waals surface area (Å²) < 4.78 is 33.0. The van der Waals surface area contributed by atoms with Gasteiger partial charge in [-0.25, -0.2) is 18.2 Å². The maximum absolute atomic E-state index is 11.7. The summed E-state index contributed by atoms with van der Waals surface area (Å²) in [5.74, 6) is -0.460. The van der Waals surface area contributed by atoms with Crippen molar-refractivity contribution in [1.82, 2.24) is 0 Å². The largest absolute Gasteiger partial charge is 0.473 e. The van der Waals surface area contributed by atoms with Crippen LogP contribution in [-0.2, 0) is 24.1 Å². The summed E-state index contributed by atoms with van der Waals surface area (Å²) in [5.41, 5.74) is 0.674. The Labute approximate surface area is 117 Å². The van der Waals surface area contributed by atoms with Crippen molar-refractivity contribution < 1.29 is 22.7 Å². The third kappa shape index (κ3) is 2.98. The molecule has 0 saturated carbocycles. The topological polar surface area (TPSA) is 82.0 Å². The molecule has 0 aliphatic carbocycles. The van der Waals surface area contributed by atoms with Gasteiger partial charge in [-0.05, 0) is 24.6 Å². The Morgan fingerprint density at radius 1 is 1.35 bits per heavy atom. The van der Waals surface area contributed by atoms with Crippen LogP contribution in [0.25, 0.3) is 0 Å². The number of rotatable bonds is 4. The van der Waals surface area contributed by atoms with Crippen LogP contribution in [0.5, 0.6) is 0 Å². The Hall–Kier alpha value is -1.89. The van der Waals surface area contributed by atoms with Crippen molar-refractivity contribution in [3.63, 3.8) is 0 Å². The smallest absolute Gasteiger partial charge is 0.335 e. The molecule has 1 aliphatic heterocycles. The lowest BCUT2D eigenvalue weighted by Crippen LogP contribution is -2.26. The number of carbonyl (C=O) groups is 1. The van der Waals surface area contributed by atoms with Crippen LogP contribution in [0, 0.1) is 0 Å². The normalized spacial score (nSPS) is 21.5. The fraction of sp³-hybridized carbons (Fsp3) is 0.385. The van der Waals surface area contributed by atoms with E-state index in [0.29, 0.717) is 5.56 Å². The zero-order valence-electron chi connectivity index (χ0n) is 11.1. The molecule has 0 aromatic heterocycles. The zero-order valence-corrected chi connectivity index (χ0v) is 12.0. The average Bonchev–Trinajstić information content (AvgIpc) is 2.87. The molecule has 1 heterocycles. The average molecular weight is 297 g/mol. The molecule has 2 atom stereocenters. The molecule has 108 valence electrons. The minimum Gasteiger partial charge on any atom is -0.473 e. The van der Waals surface area contributed by atoms with Crippen LogP contribution in [0.15, 0.2) is 34.2 Å². The number of benzene rings is 1. The van der Waals surface area contributed by atoms with Crippen LogP contribution >= 0.6 is 0 Å². The van der Waals surface area contributed by atoms with Gasteiger partial charge in [-0.15, -0.1) is 0 Å². The highest BCUT2D eigenvalue weighted by Gasteiger charge is 2.35. The molecule has 0 saturated heterocycles. The van der Waals surface area contributed by atoms with Gasteiger partial charge in [-0.3, -0.25) is 0 Å². The minimum absolute atomic E-state index is 0.216. The van der Waals surface area contributed by atoms with Gasteiger partial charge in [0, 0.05) is 6.26 Å². The highest BCUT2D eigenvalue weighted by Crippen LogP contribution is 2.28. The maximum atomic E-state index is 11.7. The molecule has 0 fully saturated rings. The predicted molar refractivity (Wildman–Crippen MR) is 72.3 cm³/mol. The first-order valence-corrected chi connectivity index (χ1v) is 7.96. The van der Waals surface area contributed by atoms with Crippen LogP contribution in [0.4, 0.5) is 0 Å². The van der Waals surface area contributed by atoms with E-state index in [0.717, 1.165) is 6.26 Å². The third-order valence-electron chi connectivity index (χ3n) is 2.88. The second-order valence-electron chi connectivity index (χ2n) is 4.35. The van der Waals surface area contributed by atoms with Crippen LogP contribution in [-0.4, -0.2) is 39.7 Å². The van der Waals surface area contributed by atoms with Gasteiger partial charge in [-0.2, -0.15) is 0 Å². The lowest BCUT2D eigenvalue weighted by atomic mass is 10.0. The molecule has 1 aromatic carbocycles. The molecule has 1 unspecified atom stereocenters. The Bertz CT molecular complexity index is 621. The van der Waals surface area contributed by atoms with Crippen molar-refractivity contribution >= 4 is 22.2 Å². The molecule has 1 aromatic rings. The standard InChI is InChI=1S/C13H15NO5S/c1-3-18-13(15)11-12(19-8-14-11)9-4-6-10(7-5-9)20(2,16)17/h4-8,11-12H,3H2,1-2H3/t11-,12?/m1/s1. The fourth-order valence-corrected chi connectivity index (χ4v) is 2.53. The lowest BCUT2D eigenvalue weighted by Gasteiger charge is -2.16. The number of carbonyl (C=O) groups excluding carboxylic acids is 1. The van der Waals surface area contributed by atoms with E-state index in [-0.39, 0.29) is 11.5 Å². The highest BCUT2D eigenvalue weighted by molar-refractivity contribution is 7.90. The van der Waals surface area contributed by atoms with Crippen LogP contribution in [0.1, 0.15) is 18.6 Å². The number of nitrogens with zero attached hydrogens (tertiary/aromatic N) is 1. The van der Waals surface area contributed by atoms with E-state index >= 15 is 0 Å². The summed E-state index contributed by atoms with van der Waals surface area (Å²) in [6.45, 7) is 1.98. The summed E-state index contributed by atoms with van der Waals surface area (Å²) in [4.78, 5) is 15.9. The van der Waals surface area contributed by atoms with Gasteiger partial charge in [-0.1, -0.05) is 12.1 Å². The van der Waals surface area contributed by atoms with E-state index in [1.165, 1.54) is 18.5 Å². The molecule has 2 rings (SSSR count). The molecule has 1 aliphatic rings. The van der Waals surface area contributed by atoms with Gasteiger partial charge in [0.25, 0.3) is 0 Å². The van der Waals surface area contributed by atoms with Gasteiger partial charge in [0.15, 0.2) is 28.4 Å². The van der Waals surface area contributed by atoms with Gasteiger partial charge in [0.2, 0.25) is 0 Å². The Kier molecular flexibility index (Phi) is 4.08. The third-order valence-corrected chi connectivity index (χ3v) is 4.01. The first-order valence-electron chi connectivity index (χ1n) is 6.07. The monoisotopic (exact) mass is 297 g/mol. The van der Waals surface area contributed by atoms with Crippen LogP contribution in [0.2, 0.25) is 0 Å². The van der Waals surface area contributed by atoms with Crippen molar-refractivity contribution in [3.8, 4) is 0 Å². The quantitative estimate of drug-likeness (QED) is 0.778. The zero-order chi connectivity index (χ0) is 14.8. The van der Waals surface area contributed by atoms with Crippen molar-refractivity contribution in [1.29, 1.82) is 0 Å². The molecule has 6 nitrogen and oxygen atoms in total. The number of sulfone groups is 1. The summed E-state index contributed by atoms with van der Waals surface area (Å²) >= 11 is 0. The molecular formula is C13H15NO5S. The Morgan fingerprint density at radius 3 is 2.55 bits per heavy atom. The summed E-state index contributed by atoms with van der Waals surface area (Å²) in [6, 6.07) is 5.44. The van der Waals surface area contributed by atoms with Crippen molar-refractivity contribution in [3.05, 3.63) is 29.8 Å². The first-order chi connectivity index (χ1) is 9.43. The number of esters is 1. The van der Waals surface area contributed by atoms with E-state index < -0.39 is 28.0 Å². The van der Waals surface area contributed by atoms with E-state index in [4.69, 9.17) is 9.47 Å². The molecule has 0 amide bonds. The Morgan fingerprint density at radius 2 is 2.00 bits per heavy atom. The summed E-state index contributed by atoms with van der Waals surface area (Å²) in [5, 5.41) is 0. The maximum Gasteiger partial charge on any atom is 0.335 e. The molecule has 0 radical (unpaired) electrons. The molecule has 7 heteroatoms. The summed E-state index contributed by atoms with van der Waals surface area (Å²) in [6.07, 6.45) is 1.78. The highest BCUT2D eigenvalue weighted by atomic mass is 32.2. The van der Waals surface area contributed by atoms with Gasteiger partial charge in [0.05, 0.1) is 11.5 Å². The van der Waals surface area contributed by atoms with Gasteiger partial charge in [0.1, 0.15) is 0 Å².